The summed E-state index contributed by atoms with van der Waals surface area (Å²) in [5, 5.41) is 3.00. The number of morpholine rings is 1. The summed E-state index contributed by atoms with van der Waals surface area (Å²) < 4.78 is 38.1. The van der Waals surface area contributed by atoms with Crippen LogP contribution in [-0.2, 0) is 27.6 Å². The summed E-state index contributed by atoms with van der Waals surface area (Å²) in [7, 11) is -2.25. The lowest BCUT2D eigenvalue weighted by atomic mass is 9.89. The van der Waals surface area contributed by atoms with Crippen LogP contribution in [0.25, 0.3) is 0 Å². The third-order valence-electron chi connectivity index (χ3n) is 6.24. The predicted octanol–water partition coefficient (Wildman–Crippen LogP) is 3.09. The maximum absolute atomic E-state index is 13.1. The molecule has 1 N–H and O–H groups in total. The molecule has 1 aliphatic carbocycles. The smallest absolute Gasteiger partial charge is 0.255 e. The number of nitrogens with one attached hydrogen (secondary N) is 1. The molecule has 7 nitrogen and oxygen atoms in total. The van der Waals surface area contributed by atoms with Crippen LogP contribution in [-0.4, -0.2) is 52.0 Å². The highest BCUT2D eigenvalue weighted by molar-refractivity contribution is 7.89. The third kappa shape index (κ3) is 4.67. The van der Waals surface area contributed by atoms with E-state index in [1.54, 1.807) is 0 Å². The fourth-order valence-electron chi connectivity index (χ4n) is 4.34. The molecule has 4 rings (SSSR count). The van der Waals surface area contributed by atoms with Gasteiger partial charge in [-0.05, 0) is 67.5 Å². The van der Waals surface area contributed by atoms with Crippen molar-refractivity contribution in [3.63, 3.8) is 0 Å². The Kier molecular flexibility index (Phi) is 6.83. The average Bonchev–Trinajstić information content (AvgIpc) is 2.83. The first-order valence-electron chi connectivity index (χ1n) is 11.1. The summed E-state index contributed by atoms with van der Waals surface area (Å²) in [6, 6.07) is 10.6. The van der Waals surface area contributed by atoms with Crippen molar-refractivity contribution in [3.8, 4) is 5.75 Å². The van der Waals surface area contributed by atoms with Crippen LogP contribution in [0.1, 0.15) is 52.9 Å². The fourth-order valence-corrected chi connectivity index (χ4v) is 5.78. The molecule has 1 heterocycles. The first-order chi connectivity index (χ1) is 15.4. The summed E-state index contributed by atoms with van der Waals surface area (Å²) in [6.45, 7) is 3.25. The number of hydrogen-bond donors (Lipinski definition) is 1. The number of hydrogen-bond acceptors (Lipinski definition) is 5. The SMILES string of the molecule is COc1ccc(S(=O)(=O)N2CCOCC2)cc1C(=O)NC(C)c1ccc2c(c1)CCCC2. The highest BCUT2D eigenvalue weighted by Gasteiger charge is 2.28. The van der Waals surface area contributed by atoms with Crippen molar-refractivity contribution in [1.82, 2.24) is 9.62 Å². The first-order valence-corrected chi connectivity index (χ1v) is 12.5. The van der Waals surface area contributed by atoms with Gasteiger partial charge in [0.25, 0.3) is 5.91 Å². The lowest BCUT2D eigenvalue weighted by Gasteiger charge is -2.26. The number of nitrogens with zero attached hydrogens (tertiary/aromatic N) is 1. The number of carbonyl (C=O) groups excluding carboxylic acids is 1. The van der Waals surface area contributed by atoms with Gasteiger partial charge in [-0.15, -0.1) is 0 Å². The van der Waals surface area contributed by atoms with E-state index in [4.69, 9.17) is 9.47 Å². The second-order valence-electron chi connectivity index (χ2n) is 8.31. The molecule has 2 aromatic rings. The van der Waals surface area contributed by atoms with E-state index in [2.05, 4.69) is 23.5 Å². The normalized spacial score (nSPS) is 17.9. The van der Waals surface area contributed by atoms with E-state index in [9.17, 15) is 13.2 Å². The highest BCUT2D eigenvalue weighted by Crippen LogP contribution is 2.27. The zero-order valence-corrected chi connectivity index (χ0v) is 19.4. The summed E-state index contributed by atoms with van der Waals surface area (Å²) in [5.74, 6) is -0.0350. The number of carbonyl (C=O) groups is 1. The van der Waals surface area contributed by atoms with E-state index in [1.807, 2.05) is 6.92 Å². The number of ether oxygens (including phenoxy) is 2. The Morgan fingerprint density at radius 1 is 1.06 bits per heavy atom. The number of rotatable bonds is 6. The Bertz CT molecular complexity index is 1090. The predicted molar refractivity (Wildman–Crippen MR) is 122 cm³/mol. The van der Waals surface area contributed by atoms with Crippen LogP contribution in [0.3, 0.4) is 0 Å². The molecule has 0 spiro atoms. The minimum Gasteiger partial charge on any atom is -0.496 e. The van der Waals surface area contributed by atoms with Crippen molar-refractivity contribution in [3.05, 3.63) is 58.7 Å². The molecule has 2 aromatic carbocycles. The fraction of sp³-hybridized carbons (Fsp3) is 0.458. The van der Waals surface area contributed by atoms with Gasteiger partial charge in [-0.1, -0.05) is 18.2 Å². The van der Waals surface area contributed by atoms with Crippen LogP contribution >= 0.6 is 0 Å². The van der Waals surface area contributed by atoms with Gasteiger partial charge < -0.3 is 14.8 Å². The van der Waals surface area contributed by atoms with Crippen LogP contribution in [0.5, 0.6) is 5.75 Å². The van der Waals surface area contributed by atoms with E-state index in [-0.39, 0.29) is 22.4 Å². The summed E-state index contributed by atoms with van der Waals surface area (Å²) in [4.78, 5) is 13.2. The minimum absolute atomic E-state index is 0.0757. The Hall–Kier alpha value is -2.42. The Morgan fingerprint density at radius 3 is 2.50 bits per heavy atom. The van der Waals surface area contributed by atoms with Crippen LogP contribution < -0.4 is 10.1 Å². The second kappa shape index (κ2) is 9.60. The monoisotopic (exact) mass is 458 g/mol. The Balaban J connectivity index is 1.56. The van der Waals surface area contributed by atoms with E-state index >= 15 is 0 Å². The van der Waals surface area contributed by atoms with Gasteiger partial charge in [0.1, 0.15) is 5.75 Å². The molecule has 1 fully saturated rings. The molecular formula is C24H30N2O5S. The molecular weight excluding hydrogens is 428 g/mol. The third-order valence-corrected chi connectivity index (χ3v) is 8.14. The topological polar surface area (TPSA) is 84.9 Å². The van der Waals surface area contributed by atoms with Crippen LogP contribution in [0.15, 0.2) is 41.3 Å². The van der Waals surface area contributed by atoms with Crippen LogP contribution in [0, 0.1) is 0 Å². The number of amides is 1. The molecule has 0 saturated carbocycles. The maximum Gasteiger partial charge on any atom is 0.255 e. The molecule has 1 amide bonds. The van der Waals surface area contributed by atoms with Crippen molar-refractivity contribution in [1.29, 1.82) is 0 Å². The quantitative estimate of drug-likeness (QED) is 0.719. The zero-order chi connectivity index (χ0) is 22.7. The largest absolute Gasteiger partial charge is 0.496 e. The van der Waals surface area contributed by atoms with Gasteiger partial charge in [0.15, 0.2) is 0 Å². The number of aryl methyl sites for hydroxylation is 2. The molecule has 172 valence electrons. The molecule has 0 radical (unpaired) electrons. The van der Waals surface area contributed by atoms with E-state index in [0.717, 1.165) is 18.4 Å². The maximum atomic E-state index is 13.1. The van der Waals surface area contributed by atoms with Crippen molar-refractivity contribution in [2.24, 2.45) is 0 Å². The molecule has 0 aromatic heterocycles. The van der Waals surface area contributed by atoms with Crippen molar-refractivity contribution < 1.29 is 22.7 Å². The number of sulfonamides is 1. The molecule has 0 bridgehead atoms. The standard InChI is InChI=1S/C24H30N2O5S/c1-17(19-8-7-18-5-3-4-6-20(18)15-19)25-24(27)22-16-21(9-10-23(22)30-2)32(28,29)26-11-13-31-14-12-26/h7-10,15-17H,3-6,11-14H2,1-2H3,(H,25,27). The van der Waals surface area contributed by atoms with Gasteiger partial charge in [0.2, 0.25) is 10.0 Å². The zero-order valence-electron chi connectivity index (χ0n) is 18.6. The molecule has 1 unspecified atom stereocenters. The average molecular weight is 459 g/mol. The van der Waals surface area contributed by atoms with Crippen molar-refractivity contribution in [2.45, 2.75) is 43.5 Å². The van der Waals surface area contributed by atoms with Crippen molar-refractivity contribution in [2.75, 3.05) is 33.4 Å². The van der Waals surface area contributed by atoms with Gasteiger partial charge in [0.05, 0.1) is 36.8 Å². The van der Waals surface area contributed by atoms with E-state index in [1.165, 1.54) is 53.6 Å². The van der Waals surface area contributed by atoms with Gasteiger partial charge in [-0.3, -0.25) is 4.79 Å². The van der Waals surface area contributed by atoms with E-state index in [0.29, 0.717) is 32.1 Å². The molecule has 2 aliphatic rings. The lowest BCUT2D eigenvalue weighted by Crippen LogP contribution is -2.40. The Labute approximate surface area is 189 Å². The molecule has 32 heavy (non-hydrogen) atoms. The summed E-state index contributed by atoms with van der Waals surface area (Å²) in [5.41, 5.74) is 3.98. The van der Waals surface area contributed by atoms with Crippen LogP contribution in [0.2, 0.25) is 0 Å². The van der Waals surface area contributed by atoms with Gasteiger partial charge in [-0.2, -0.15) is 4.31 Å². The van der Waals surface area contributed by atoms with Crippen molar-refractivity contribution >= 4 is 15.9 Å². The molecule has 8 heteroatoms. The van der Waals surface area contributed by atoms with Gasteiger partial charge in [0, 0.05) is 13.1 Å². The summed E-state index contributed by atoms with van der Waals surface area (Å²) >= 11 is 0. The van der Waals surface area contributed by atoms with E-state index < -0.39 is 10.0 Å². The Morgan fingerprint density at radius 2 is 1.78 bits per heavy atom. The molecule has 1 saturated heterocycles. The number of fused-ring (bicyclic) bond motifs is 1. The number of benzene rings is 2. The highest BCUT2D eigenvalue weighted by atomic mass is 32.2. The lowest BCUT2D eigenvalue weighted by molar-refractivity contribution is 0.0730. The van der Waals surface area contributed by atoms with Crippen LogP contribution in [0.4, 0.5) is 0 Å². The minimum atomic E-state index is -3.72. The van der Waals surface area contributed by atoms with Gasteiger partial charge >= 0.3 is 0 Å². The second-order valence-corrected chi connectivity index (χ2v) is 10.2. The van der Waals surface area contributed by atoms with Gasteiger partial charge in [-0.25, -0.2) is 8.42 Å². The summed E-state index contributed by atoms with van der Waals surface area (Å²) in [6.07, 6.45) is 4.60. The first kappa shape index (κ1) is 22.8. The molecule has 1 atom stereocenters. The molecule has 1 aliphatic heterocycles. The number of methoxy groups -OCH3 is 1.